The molecule has 0 fully saturated rings. The van der Waals surface area contributed by atoms with Crippen molar-refractivity contribution in [2.75, 3.05) is 0 Å². The Morgan fingerprint density at radius 2 is 2.43 bits per heavy atom. The molecule has 0 saturated carbocycles. The van der Waals surface area contributed by atoms with Gasteiger partial charge >= 0.3 is 11.8 Å². The van der Waals surface area contributed by atoms with Gasteiger partial charge in [0.05, 0.1) is 0 Å². The van der Waals surface area contributed by atoms with Gasteiger partial charge in [0, 0.05) is 0 Å². The first-order valence-corrected chi connectivity index (χ1v) is 1.53. The average molecular weight is 104 g/mol. The minimum absolute atomic E-state index is 0.600. The standard InChI is InChI=1S/C3HFO3/c4-2-1-6-3(5)7-2/h1H. The van der Waals surface area contributed by atoms with Crippen molar-refractivity contribution in [1.82, 2.24) is 0 Å². The lowest BCUT2D eigenvalue weighted by Gasteiger charge is -1.57. The Morgan fingerprint density at radius 3 is 2.57 bits per heavy atom. The molecule has 38 valence electrons. The van der Waals surface area contributed by atoms with Crippen LogP contribution < -0.4 is 5.82 Å². The molecule has 0 unspecified atom stereocenters. The minimum Gasteiger partial charge on any atom is -0.396 e. The first-order chi connectivity index (χ1) is 3.29. The maximum Gasteiger partial charge on any atom is 0.521 e. The molecule has 1 rings (SSSR count). The van der Waals surface area contributed by atoms with E-state index in [-0.39, 0.29) is 0 Å². The fourth-order valence-corrected chi connectivity index (χ4v) is 0.222. The third kappa shape index (κ3) is 0.677. The lowest BCUT2D eigenvalue weighted by atomic mass is 11.0. The molecule has 1 aromatic heterocycles. The van der Waals surface area contributed by atoms with Crippen molar-refractivity contribution in [3.8, 4) is 0 Å². The highest BCUT2D eigenvalue weighted by Crippen LogP contribution is 1.86. The molecular formula is C3HFO3. The molecule has 0 radical (unpaired) electrons. The predicted molar refractivity (Wildman–Crippen MR) is 17.2 cm³/mol. The summed E-state index contributed by atoms with van der Waals surface area (Å²) in [6.45, 7) is 0. The van der Waals surface area contributed by atoms with Crippen molar-refractivity contribution in [2.24, 2.45) is 0 Å². The van der Waals surface area contributed by atoms with Gasteiger partial charge in [-0.3, -0.25) is 0 Å². The van der Waals surface area contributed by atoms with E-state index in [1.165, 1.54) is 0 Å². The SMILES string of the molecule is O=c1occ(F)o1. The topological polar surface area (TPSA) is 43.4 Å². The molecule has 0 bridgehead atoms. The second-order valence-electron chi connectivity index (χ2n) is 0.892. The average Bonchev–Trinajstić information content (AvgIpc) is 1.87. The third-order valence-electron chi connectivity index (χ3n) is 0.429. The van der Waals surface area contributed by atoms with Gasteiger partial charge in [-0.25, -0.2) is 4.79 Å². The molecule has 0 atom stereocenters. The molecule has 1 aromatic rings. The summed E-state index contributed by atoms with van der Waals surface area (Å²) >= 11 is 0. The Kier molecular flexibility index (Phi) is 0.714. The van der Waals surface area contributed by atoms with Crippen molar-refractivity contribution < 1.29 is 13.2 Å². The van der Waals surface area contributed by atoms with E-state index in [1.807, 2.05) is 0 Å². The maximum absolute atomic E-state index is 11.5. The van der Waals surface area contributed by atoms with E-state index in [2.05, 4.69) is 8.83 Å². The van der Waals surface area contributed by atoms with Crippen LogP contribution in [0.25, 0.3) is 0 Å². The zero-order chi connectivity index (χ0) is 5.28. The minimum atomic E-state index is -1.02. The van der Waals surface area contributed by atoms with E-state index in [1.54, 1.807) is 0 Å². The largest absolute Gasteiger partial charge is 0.521 e. The number of hydrogen-bond acceptors (Lipinski definition) is 3. The quantitative estimate of drug-likeness (QED) is 0.477. The molecular weight excluding hydrogens is 103 g/mol. The van der Waals surface area contributed by atoms with Crippen molar-refractivity contribution in [3.05, 3.63) is 22.9 Å². The first kappa shape index (κ1) is 4.11. The van der Waals surface area contributed by atoms with Crippen LogP contribution >= 0.6 is 0 Å². The van der Waals surface area contributed by atoms with Crippen LogP contribution in [-0.2, 0) is 0 Å². The van der Waals surface area contributed by atoms with Crippen LogP contribution in [0.5, 0.6) is 0 Å². The smallest absolute Gasteiger partial charge is 0.396 e. The van der Waals surface area contributed by atoms with Crippen LogP contribution in [0.3, 0.4) is 0 Å². The highest BCUT2D eigenvalue weighted by Gasteiger charge is 1.93. The zero-order valence-corrected chi connectivity index (χ0v) is 3.18. The van der Waals surface area contributed by atoms with Gasteiger partial charge in [-0.15, -0.1) is 0 Å². The Labute approximate surface area is 37.4 Å². The molecule has 0 spiro atoms. The number of hydrogen-bond donors (Lipinski definition) is 0. The molecule has 3 nitrogen and oxygen atoms in total. The van der Waals surface area contributed by atoms with Gasteiger partial charge in [-0.05, 0) is 0 Å². The van der Waals surface area contributed by atoms with Crippen molar-refractivity contribution in [3.63, 3.8) is 0 Å². The van der Waals surface area contributed by atoms with Crippen LogP contribution in [0.4, 0.5) is 4.39 Å². The van der Waals surface area contributed by atoms with Gasteiger partial charge in [-0.1, -0.05) is 0 Å². The van der Waals surface area contributed by atoms with Crippen molar-refractivity contribution in [1.29, 1.82) is 0 Å². The molecule has 1 heterocycles. The first-order valence-electron chi connectivity index (χ1n) is 1.53. The van der Waals surface area contributed by atoms with E-state index >= 15 is 0 Å². The number of rotatable bonds is 0. The Morgan fingerprint density at radius 1 is 1.71 bits per heavy atom. The molecule has 0 N–H and O–H groups in total. The van der Waals surface area contributed by atoms with E-state index < -0.39 is 11.8 Å². The summed E-state index contributed by atoms with van der Waals surface area (Å²) in [4.78, 5) is 9.72. The van der Waals surface area contributed by atoms with Gasteiger partial charge < -0.3 is 8.83 Å². The monoisotopic (exact) mass is 104 g/mol. The molecule has 0 saturated heterocycles. The predicted octanol–water partition coefficient (Wildman–Crippen LogP) is 0.372. The third-order valence-corrected chi connectivity index (χ3v) is 0.429. The molecule has 0 aliphatic carbocycles. The Bertz CT molecular complexity index is 198. The second-order valence-corrected chi connectivity index (χ2v) is 0.892. The summed E-state index contributed by atoms with van der Waals surface area (Å²) in [6, 6.07) is -0.995. The van der Waals surface area contributed by atoms with Gasteiger partial charge in [0.25, 0.3) is 0 Å². The van der Waals surface area contributed by atoms with Crippen molar-refractivity contribution in [2.45, 2.75) is 0 Å². The van der Waals surface area contributed by atoms with Gasteiger partial charge in [-0.2, -0.15) is 4.39 Å². The van der Waals surface area contributed by atoms with E-state index in [0.29, 0.717) is 6.26 Å². The lowest BCUT2D eigenvalue weighted by Crippen LogP contribution is -1.84. The van der Waals surface area contributed by atoms with E-state index in [9.17, 15) is 9.18 Å². The molecule has 0 amide bonds. The molecule has 0 aromatic carbocycles. The zero-order valence-electron chi connectivity index (χ0n) is 3.18. The highest BCUT2D eigenvalue weighted by atomic mass is 19.1. The Balaban J connectivity index is 3.30. The molecule has 0 aliphatic heterocycles. The summed E-state index contributed by atoms with van der Waals surface area (Å²) in [5, 5.41) is 0. The molecule has 7 heavy (non-hydrogen) atoms. The summed E-state index contributed by atoms with van der Waals surface area (Å²) in [7, 11) is 0. The maximum atomic E-state index is 11.5. The lowest BCUT2D eigenvalue weighted by molar-refractivity contribution is 0.312. The second kappa shape index (κ2) is 1.22. The van der Waals surface area contributed by atoms with E-state index in [4.69, 9.17) is 0 Å². The van der Waals surface area contributed by atoms with Crippen LogP contribution in [-0.4, -0.2) is 0 Å². The van der Waals surface area contributed by atoms with Crippen LogP contribution in [0.1, 0.15) is 0 Å². The van der Waals surface area contributed by atoms with Crippen LogP contribution in [0.15, 0.2) is 19.9 Å². The number of halogens is 1. The fraction of sp³-hybridized carbons (Fsp3) is 0. The summed E-state index contributed by atoms with van der Waals surface area (Å²) in [6.07, 6.45) is 0.600. The normalized spacial score (nSPS) is 9.29. The molecule has 0 aliphatic rings. The fourth-order valence-electron chi connectivity index (χ4n) is 0.222. The highest BCUT2D eigenvalue weighted by molar-refractivity contribution is 4.57. The van der Waals surface area contributed by atoms with Gasteiger partial charge in [0.2, 0.25) is 0 Å². The van der Waals surface area contributed by atoms with Gasteiger partial charge in [0.1, 0.15) is 0 Å². The summed E-state index contributed by atoms with van der Waals surface area (Å²) < 4.78 is 19.0. The molecule has 4 heteroatoms. The summed E-state index contributed by atoms with van der Waals surface area (Å²) in [5.41, 5.74) is 0. The van der Waals surface area contributed by atoms with Crippen LogP contribution in [0, 0.1) is 6.01 Å². The van der Waals surface area contributed by atoms with Gasteiger partial charge in [0.15, 0.2) is 6.26 Å². The van der Waals surface area contributed by atoms with Crippen molar-refractivity contribution >= 4 is 0 Å². The van der Waals surface area contributed by atoms with E-state index in [0.717, 1.165) is 0 Å². The van der Waals surface area contributed by atoms with Crippen LogP contribution in [0.2, 0.25) is 0 Å². The summed E-state index contributed by atoms with van der Waals surface area (Å²) in [5.74, 6) is -1.02. The Hall–Kier alpha value is -1.06.